The highest BCUT2D eigenvalue weighted by atomic mass is 16.4. The Bertz CT molecular complexity index is 589. The van der Waals surface area contributed by atoms with Crippen LogP contribution in [0.2, 0.25) is 0 Å². The Hall–Kier alpha value is -3.02. The van der Waals surface area contributed by atoms with Gasteiger partial charge in [0.2, 0.25) is 0 Å². The van der Waals surface area contributed by atoms with Crippen molar-refractivity contribution in [2.75, 3.05) is 29.6 Å². The molecule has 6 heteroatoms. The van der Waals surface area contributed by atoms with E-state index >= 15 is 0 Å². The molecular formula is C17H18N2O4. The molecule has 0 aliphatic heterocycles. The summed E-state index contributed by atoms with van der Waals surface area (Å²) < 4.78 is 0. The fraction of sp³-hybridized carbons (Fsp3) is 0.176. The number of rotatable bonds is 8. The number of carboxylic acids is 2. The van der Waals surface area contributed by atoms with Crippen LogP contribution >= 0.6 is 0 Å². The van der Waals surface area contributed by atoms with Crippen molar-refractivity contribution in [3.05, 3.63) is 60.7 Å². The van der Waals surface area contributed by atoms with Gasteiger partial charge in [-0.3, -0.25) is 9.59 Å². The number of anilines is 2. The zero-order valence-corrected chi connectivity index (χ0v) is 12.5. The average Bonchev–Trinajstić information content (AvgIpc) is 2.54. The first-order valence-corrected chi connectivity index (χ1v) is 7.10. The fourth-order valence-corrected chi connectivity index (χ4v) is 2.26. The van der Waals surface area contributed by atoms with Gasteiger partial charge in [0.15, 0.2) is 0 Å². The van der Waals surface area contributed by atoms with Gasteiger partial charge >= 0.3 is 11.9 Å². The van der Waals surface area contributed by atoms with E-state index in [0.717, 1.165) is 11.4 Å². The van der Waals surface area contributed by atoms with E-state index < -0.39 is 11.9 Å². The third kappa shape index (κ3) is 5.03. The Morgan fingerprint density at radius 1 is 0.696 bits per heavy atom. The van der Waals surface area contributed by atoms with Crippen LogP contribution in [0.3, 0.4) is 0 Å². The summed E-state index contributed by atoms with van der Waals surface area (Å²) in [6.45, 7) is -0.271. The molecule has 0 atom stereocenters. The Morgan fingerprint density at radius 2 is 1.04 bits per heavy atom. The van der Waals surface area contributed by atoms with Crippen LogP contribution in [0.4, 0.5) is 11.4 Å². The molecule has 0 saturated carbocycles. The molecule has 0 spiro atoms. The van der Waals surface area contributed by atoms with Crippen molar-refractivity contribution in [1.29, 1.82) is 0 Å². The predicted molar refractivity (Wildman–Crippen MR) is 87.7 cm³/mol. The molecule has 0 radical (unpaired) electrons. The van der Waals surface area contributed by atoms with Crippen LogP contribution in [0.1, 0.15) is 0 Å². The largest absolute Gasteiger partial charge is 0.480 e. The molecule has 23 heavy (non-hydrogen) atoms. The Labute approximate surface area is 134 Å². The number of carbonyl (C=O) groups is 2. The van der Waals surface area contributed by atoms with Gasteiger partial charge in [-0.1, -0.05) is 36.4 Å². The Balaban J connectivity index is 2.26. The average molecular weight is 314 g/mol. The number of benzene rings is 2. The minimum atomic E-state index is -0.975. The van der Waals surface area contributed by atoms with Gasteiger partial charge in [-0.25, -0.2) is 0 Å². The van der Waals surface area contributed by atoms with E-state index in [2.05, 4.69) is 0 Å². The van der Waals surface area contributed by atoms with Crippen molar-refractivity contribution in [2.24, 2.45) is 0 Å². The van der Waals surface area contributed by atoms with Gasteiger partial charge in [0, 0.05) is 11.4 Å². The zero-order valence-electron chi connectivity index (χ0n) is 12.5. The van der Waals surface area contributed by atoms with Crippen LogP contribution in [-0.4, -0.2) is 41.9 Å². The number of carboxylic acid groups (broad SMARTS) is 2. The second-order valence-corrected chi connectivity index (χ2v) is 5.00. The molecule has 120 valence electrons. The summed E-state index contributed by atoms with van der Waals surface area (Å²) in [5.74, 6) is -1.95. The summed E-state index contributed by atoms with van der Waals surface area (Å²) in [6, 6.07) is 18.1. The van der Waals surface area contributed by atoms with Gasteiger partial charge in [0.25, 0.3) is 0 Å². The summed E-state index contributed by atoms with van der Waals surface area (Å²) in [4.78, 5) is 25.5. The smallest absolute Gasteiger partial charge is 0.323 e. The van der Waals surface area contributed by atoms with Crippen molar-refractivity contribution in [3.63, 3.8) is 0 Å². The minimum Gasteiger partial charge on any atom is -0.480 e. The van der Waals surface area contributed by atoms with Gasteiger partial charge < -0.3 is 20.0 Å². The van der Waals surface area contributed by atoms with Crippen LogP contribution in [-0.2, 0) is 9.59 Å². The lowest BCUT2D eigenvalue weighted by atomic mass is 10.2. The summed E-state index contributed by atoms with van der Waals surface area (Å²) in [5, 5.41) is 18.3. The normalized spacial score (nSPS) is 10.1. The van der Waals surface area contributed by atoms with Gasteiger partial charge in [-0.2, -0.15) is 0 Å². The van der Waals surface area contributed by atoms with Crippen molar-refractivity contribution in [1.82, 2.24) is 0 Å². The van der Waals surface area contributed by atoms with Crippen molar-refractivity contribution in [2.45, 2.75) is 0 Å². The molecule has 0 aliphatic rings. The third-order valence-corrected chi connectivity index (χ3v) is 3.24. The zero-order chi connectivity index (χ0) is 16.7. The van der Waals surface area contributed by atoms with Crippen LogP contribution in [0.5, 0.6) is 0 Å². The van der Waals surface area contributed by atoms with Gasteiger partial charge in [-0.05, 0) is 24.3 Å². The molecule has 2 aromatic carbocycles. The van der Waals surface area contributed by atoms with E-state index in [0.29, 0.717) is 0 Å². The number of aliphatic carboxylic acids is 2. The summed E-state index contributed by atoms with van der Waals surface area (Å²) >= 11 is 0. The number of hydrogen-bond acceptors (Lipinski definition) is 4. The van der Waals surface area contributed by atoms with Crippen molar-refractivity contribution >= 4 is 23.3 Å². The van der Waals surface area contributed by atoms with E-state index in [1.54, 1.807) is 34.1 Å². The molecule has 0 amide bonds. The minimum absolute atomic E-state index is 0.159. The monoisotopic (exact) mass is 314 g/mol. The first-order valence-electron chi connectivity index (χ1n) is 7.10. The number of para-hydroxylation sites is 2. The van der Waals surface area contributed by atoms with E-state index in [4.69, 9.17) is 10.2 Å². The molecular weight excluding hydrogens is 296 g/mol. The lowest BCUT2D eigenvalue weighted by molar-refractivity contribution is -0.136. The maximum Gasteiger partial charge on any atom is 0.323 e. The molecule has 0 aliphatic carbocycles. The second-order valence-electron chi connectivity index (χ2n) is 5.00. The lowest BCUT2D eigenvalue weighted by Gasteiger charge is -2.31. The Morgan fingerprint density at radius 3 is 1.35 bits per heavy atom. The topological polar surface area (TPSA) is 81.1 Å². The highest BCUT2D eigenvalue weighted by Gasteiger charge is 2.17. The van der Waals surface area contributed by atoms with Crippen LogP contribution in [0, 0.1) is 0 Å². The predicted octanol–water partition coefficient (Wildman–Crippen LogP) is 2.13. The maximum absolute atomic E-state index is 11.1. The van der Waals surface area contributed by atoms with Gasteiger partial charge in [-0.15, -0.1) is 0 Å². The van der Waals surface area contributed by atoms with E-state index in [9.17, 15) is 9.59 Å². The molecule has 0 bridgehead atoms. The Kier molecular flexibility index (Phi) is 5.57. The highest BCUT2D eigenvalue weighted by Crippen LogP contribution is 2.18. The molecule has 6 nitrogen and oxygen atoms in total. The quantitative estimate of drug-likeness (QED) is 0.727. The van der Waals surface area contributed by atoms with Crippen molar-refractivity contribution < 1.29 is 19.8 Å². The van der Waals surface area contributed by atoms with Crippen LogP contribution < -0.4 is 9.80 Å². The van der Waals surface area contributed by atoms with Crippen LogP contribution in [0.15, 0.2) is 60.7 Å². The summed E-state index contributed by atoms with van der Waals surface area (Å²) in [6.07, 6.45) is 0. The SMILES string of the molecule is O=C(O)CN(CN(CC(=O)O)c1ccccc1)c1ccccc1. The molecule has 0 aromatic heterocycles. The van der Waals surface area contributed by atoms with E-state index in [1.165, 1.54) is 0 Å². The lowest BCUT2D eigenvalue weighted by Crippen LogP contribution is -2.43. The maximum atomic E-state index is 11.1. The molecule has 0 fully saturated rings. The van der Waals surface area contributed by atoms with E-state index in [-0.39, 0.29) is 19.8 Å². The second kappa shape index (κ2) is 7.84. The third-order valence-electron chi connectivity index (χ3n) is 3.24. The molecule has 2 N–H and O–H groups in total. The molecule has 2 rings (SSSR count). The van der Waals surface area contributed by atoms with Crippen molar-refractivity contribution in [3.8, 4) is 0 Å². The van der Waals surface area contributed by atoms with Gasteiger partial charge in [0.05, 0.1) is 6.67 Å². The molecule has 0 heterocycles. The highest BCUT2D eigenvalue weighted by molar-refractivity contribution is 5.76. The molecule has 0 unspecified atom stereocenters. The van der Waals surface area contributed by atoms with Gasteiger partial charge in [0.1, 0.15) is 13.1 Å². The number of hydrogen-bond donors (Lipinski definition) is 2. The number of nitrogens with zero attached hydrogens (tertiary/aromatic N) is 2. The standard InChI is InChI=1S/C17H18N2O4/c20-16(21)11-18(14-7-3-1-4-8-14)13-19(12-17(22)23)15-9-5-2-6-10-15/h1-10H,11-13H2,(H,20,21)(H,22,23). The van der Waals surface area contributed by atoms with Crippen LogP contribution in [0.25, 0.3) is 0 Å². The summed E-state index contributed by atoms with van der Waals surface area (Å²) in [7, 11) is 0. The summed E-state index contributed by atoms with van der Waals surface area (Å²) in [5.41, 5.74) is 1.45. The fourth-order valence-electron chi connectivity index (χ4n) is 2.26. The molecule has 2 aromatic rings. The molecule has 0 saturated heterocycles. The first-order chi connectivity index (χ1) is 11.1. The van der Waals surface area contributed by atoms with E-state index in [1.807, 2.05) is 36.4 Å². The first kappa shape index (κ1) is 16.4.